The number of H-pyrrole nitrogens is 1. The van der Waals surface area contributed by atoms with Crippen LogP contribution >= 0.6 is 18.2 Å². The second-order valence-electron chi connectivity index (χ2n) is 13.0. The molecule has 2 aliphatic heterocycles. The molecule has 2 aliphatic rings. The molecule has 6 rings (SSSR count). The minimum absolute atomic E-state index is 0.0712. The van der Waals surface area contributed by atoms with Crippen LogP contribution in [-0.4, -0.2) is 123 Å². The topological polar surface area (TPSA) is 279 Å². The fraction of sp³-hybridized carbons (Fsp3) is 0.514. The van der Waals surface area contributed by atoms with Crippen LogP contribution in [-0.2, 0) is 46.8 Å². The molecule has 0 spiro atoms. The Labute approximate surface area is 339 Å². The van der Waals surface area contributed by atoms with Crippen LogP contribution < -0.4 is 17.0 Å². The van der Waals surface area contributed by atoms with Crippen molar-refractivity contribution in [2.45, 2.75) is 69.2 Å². The minimum Gasteiger partial charge on any atom is -0.456 e. The van der Waals surface area contributed by atoms with Crippen molar-refractivity contribution in [3.8, 4) is 0 Å². The quantitative estimate of drug-likeness (QED) is 0.0498. The number of rotatable bonds is 20. The number of nitrogens with zero attached hydrogens (tertiary/aromatic N) is 5. The molecule has 5 heterocycles. The van der Waals surface area contributed by atoms with E-state index in [2.05, 4.69) is 19.9 Å². The molecule has 2 saturated heterocycles. The smallest absolute Gasteiger partial charge is 0.456 e. The van der Waals surface area contributed by atoms with E-state index in [1.165, 1.54) is 26.0 Å². The van der Waals surface area contributed by atoms with Crippen LogP contribution in [0.4, 0.5) is 10.6 Å². The van der Waals surface area contributed by atoms with Crippen LogP contribution in [0.3, 0.4) is 0 Å². The highest BCUT2D eigenvalue weighted by atomic mass is 32.7. The number of carbonyl (C=O) groups excluding carboxylic acids is 2. The predicted molar refractivity (Wildman–Crippen MR) is 206 cm³/mol. The number of ether oxygens (including phenoxy) is 7. The van der Waals surface area contributed by atoms with Crippen LogP contribution in [0.15, 0.2) is 64.8 Å². The number of aliphatic hydroxyl groups is 1. The van der Waals surface area contributed by atoms with E-state index < -0.39 is 92.3 Å². The molecule has 0 saturated carbocycles. The maximum Gasteiger partial charge on any atom is 0.509 e. The number of fused-ring (bicyclic) bond motifs is 1. The fourth-order valence-corrected chi connectivity index (χ4v) is 9.01. The number of aromatic amines is 1. The monoisotopic (exact) mass is 865 g/mol. The number of nitrogens with one attached hydrogen (secondary N) is 1. The highest BCUT2D eigenvalue weighted by molar-refractivity contribution is 8.55. The summed E-state index contributed by atoms with van der Waals surface area (Å²) in [6.45, 7) is -3.18. The number of methoxy groups -OCH3 is 1. The molecule has 22 nitrogen and oxygen atoms in total. The van der Waals surface area contributed by atoms with E-state index in [0.29, 0.717) is 29.2 Å². The lowest BCUT2D eigenvalue weighted by atomic mass is 10.1. The van der Waals surface area contributed by atoms with Gasteiger partial charge >= 0.3 is 24.6 Å². The van der Waals surface area contributed by atoms with Crippen molar-refractivity contribution in [1.82, 2.24) is 29.1 Å². The number of nitrogen functional groups attached to an aromatic ring is 1. The number of esters is 1. The third-order valence-corrected chi connectivity index (χ3v) is 12.5. The molecule has 0 amide bonds. The zero-order valence-corrected chi connectivity index (χ0v) is 33.6. The van der Waals surface area contributed by atoms with Gasteiger partial charge in [0.05, 0.1) is 31.7 Å². The molecule has 24 heteroatoms. The highest BCUT2D eigenvalue weighted by Gasteiger charge is 2.51. The number of nitrogens with two attached hydrogens (primary N) is 1. The third kappa shape index (κ3) is 10.9. The lowest BCUT2D eigenvalue weighted by Crippen LogP contribution is -2.40. The van der Waals surface area contributed by atoms with Gasteiger partial charge in [0.1, 0.15) is 55.2 Å². The predicted octanol–water partition coefficient (Wildman–Crippen LogP) is 2.55. The number of hydrogen-bond acceptors (Lipinski definition) is 20. The number of hydrogen-bond donors (Lipinski definition) is 3. The van der Waals surface area contributed by atoms with Crippen molar-refractivity contribution >= 4 is 47.3 Å². The number of anilines is 1. The van der Waals surface area contributed by atoms with Gasteiger partial charge in [0.15, 0.2) is 23.6 Å². The van der Waals surface area contributed by atoms with Crippen molar-refractivity contribution in [3.63, 3.8) is 0 Å². The first-order valence-corrected chi connectivity index (χ1v) is 21.6. The Kier molecular flexibility index (Phi) is 15.2. The van der Waals surface area contributed by atoms with Crippen LogP contribution in [0.2, 0.25) is 0 Å². The van der Waals surface area contributed by atoms with Crippen LogP contribution in [0.25, 0.3) is 11.2 Å². The second-order valence-corrected chi connectivity index (χ2v) is 17.0. The molecule has 1 unspecified atom stereocenters. The number of aliphatic hydroxyl groups excluding tert-OH is 1. The molecule has 0 radical (unpaired) electrons. The van der Waals surface area contributed by atoms with Gasteiger partial charge in [-0.15, -0.1) is 0 Å². The number of carbonyl (C=O) groups is 2. The molecule has 8 atom stereocenters. The van der Waals surface area contributed by atoms with Gasteiger partial charge < -0.3 is 44.0 Å². The van der Waals surface area contributed by atoms with Gasteiger partial charge in [0, 0.05) is 43.8 Å². The molecule has 4 N–H and O–H groups in total. The van der Waals surface area contributed by atoms with Gasteiger partial charge in [-0.3, -0.25) is 28.0 Å². The Bertz CT molecular complexity index is 2190. The van der Waals surface area contributed by atoms with Crippen LogP contribution in [0.1, 0.15) is 49.0 Å². The summed E-state index contributed by atoms with van der Waals surface area (Å²) in [5.74, 6) is -1.13. The first-order chi connectivity index (χ1) is 28.5. The van der Waals surface area contributed by atoms with E-state index in [1.807, 2.05) is 6.92 Å². The normalized spacial score (nSPS) is 23.9. The largest absolute Gasteiger partial charge is 0.509 e. The van der Waals surface area contributed by atoms with Gasteiger partial charge in [0.25, 0.3) is 5.56 Å². The number of benzene rings is 1. The van der Waals surface area contributed by atoms with E-state index in [4.69, 9.17) is 47.9 Å². The van der Waals surface area contributed by atoms with E-state index in [9.17, 15) is 28.8 Å². The standard InChI is InChI=1S/C35H44N7O15PS/c1-3-4-12-50-13-14-51-35(47)52-20-59-58(48,57-28-23(16-43)55-32(29(28)49-2)41-11-10-25(44)40-34(41)46)53-17-24-22(56-33(45)21-8-6-5-7-9-21)15-26(54-24)42-19-39-27-30(36)37-18-38-31(27)42/h5-11,18-19,22-24,26,28-29,32,43H,3-4,12-17,20H2,1-2H3,(H2,36,37,38)(H,40,44,46)/t22-,23+,24+,26+,28+,29+,32+,58?/m0/s1. The van der Waals surface area contributed by atoms with E-state index in [-0.39, 0.29) is 31.0 Å². The molecule has 1 aromatic carbocycles. The summed E-state index contributed by atoms with van der Waals surface area (Å²) < 4.78 is 68.8. The van der Waals surface area contributed by atoms with Gasteiger partial charge in [-0.05, 0) is 18.6 Å². The van der Waals surface area contributed by atoms with E-state index >= 15 is 0 Å². The SMILES string of the molecule is CCCCOCCOC(=O)OCSP(=O)(OC[C@H]1O[C@@H](n2cnc3c(N)ncnc32)C[C@@H]1OC(=O)c1ccccc1)O[C@H]1[C@@H](OC)[C@H](n2ccc(=O)[nH]c2=O)O[C@@H]1CO. The Morgan fingerprint density at radius 3 is 2.59 bits per heavy atom. The highest BCUT2D eigenvalue weighted by Crippen LogP contribution is 2.63. The van der Waals surface area contributed by atoms with Gasteiger partial charge in [-0.2, -0.15) is 0 Å². The zero-order valence-electron chi connectivity index (χ0n) is 31.9. The van der Waals surface area contributed by atoms with Gasteiger partial charge in [0.2, 0.25) is 0 Å². The molecule has 0 aliphatic carbocycles. The average Bonchev–Trinajstić information content (AvgIpc) is 3.94. The Morgan fingerprint density at radius 2 is 1.85 bits per heavy atom. The fourth-order valence-electron chi connectivity index (χ4n) is 6.22. The number of aromatic nitrogens is 6. The first-order valence-electron chi connectivity index (χ1n) is 18.4. The Morgan fingerprint density at radius 1 is 1.03 bits per heavy atom. The van der Waals surface area contributed by atoms with Crippen molar-refractivity contribution in [1.29, 1.82) is 0 Å². The van der Waals surface area contributed by atoms with Crippen molar-refractivity contribution in [3.05, 3.63) is 81.7 Å². The zero-order chi connectivity index (χ0) is 41.9. The average molecular weight is 866 g/mol. The maximum atomic E-state index is 14.8. The number of unbranched alkanes of at least 4 members (excludes halogenated alkanes) is 1. The van der Waals surface area contributed by atoms with Crippen LogP contribution in [0.5, 0.6) is 0 Å². The molecular weight excluding hydrogens is 821 g/mol. The van der Waals surface area contributed by atoms with Crippen molar-refractivity contribution in [2.24, 2.45) is 0 Å². The van der Waals surface area contributed by atoms with Crippen LogP contribution in [0, 0.1) is 0 Å². The maximum absolute atomic E-state index is 14.8. The number of imidazole rings is 1. The second kappa shape index (κ2) is 20.5. The molecule has 320 valence electrons. The summed E-state index contributed by atoms with van der Waals surface area (Å²) in [4.78, 5) is 64.8. The lowest BCUT2D eigenvalue weighted by Gasteiger charge is -2.28. The summed E-state index contributed by atoms with van der Waals surface area (Å²) in [6, 6.07) is 9.34. The summed E-state index contributed by atoms with van der Waals surface area (Å²) >= 11 is 0.453. The molecule has 0 bridgehead atoms. The Balaban J connectivity index is 1.23. The van der Waals surface area contributed by atoms with Crippen molar-refractivity contribution in [2.75, 3.05) is 51.8 Å². The molecule has 59 heavy (non-hydrogen) atoms. The summed E-state index contributed by atoms with van der Waals surface area (Å²) in [7, 11) is 1.27. The van der Waals surface area contributed by atoms with Crippen molar-refractivity contribution < 1.29 is 61.5 Å². The Hall–Kier alpha value is -4.71. The molecular formula is C35H44N7O15PS. The lowest BCUT2D eigenvalue weighted by molar-refractivity contribution is -0.0625. The summed E-state index contributed by atoms with van der Waals surface area (Å²) in [5.41, 5.74) is 5.42. The van der Waals surface area contributed by atoms with Gasteiger partial charge in [-0.1, -0.05) is 31.5 Å². The summed E-state index contributed by atoms with van der Waals surface area (Å²) in [6.07, 6.45) is -3.33. The minimum atomic E-state index is -4.54. The summed E-state index contributed by atoms with van der Waals surface area (Å²) in [5, 5.41) is 10.3. The molecule has 3 aromatic heterocycles. The molecule has 4 aromatic rings. The molecule has 2 fully saturated rings. The van der Waals surface area contributed by atoms with E-state index in [0.717, 1.165) is 23.5 Å². The van der Waals surface area contributed by atoms with E-state index in [1.54, 1.807) is 34.9 Å². The van der Waals surface area contributed by atoms with Gasteiger partial charge in [-0.25, -0.2) is 33.9 Å². The third-order valence-electron chi connectivity index (χ3n) is 9.13. The first kappa shape index (κ1) is 43.9.